The van der Waals surface area contributed by atoms with E-state index in [1.165, 1.54) is 0 Å². The highest BCUT2D eigenvalue weighted by Crippen LogP contribution is 2.62. The average Bonchev–Trinajstić information content (AvgIpc) is 3.38. The van der Waals surface area contributed by atoms with Gasteiger partial charge in [0.25, 0.3) is 0 Å². The van der Waals surface area contributed by atoms with Crippen LogP contribution in [0, 0.1) is 22.7 Å². The summed E-state index contributed by atoms with van der Waals surface area (Å²) in [6.07, 6.45) is 8.33. The van der Waals surface area contributed by atoms with Gasteiger partial charge in [0.15, 0.2) is 0 Å². The number of benzene rings is 2. The maximum atomic E-state index is 13.2. The molecule has 0 amide bonds. The van der Waals surface area contributed by atoms with Gasteiger partial charge in [-0.05, 0) is 67.4 Å². The van der Waals surface area contributed by atoms with Gasteiger partial charge in [-0.1, -0.05) is 74.5 Å². The Morgan fingerprint density at radius 1 is 1.00 bits per heavy atom. The van der Waals surface area contributed by atoms with Crippen molar-refractivity contribution in [2.24, 2.45) is 22.7 Å². The van der Waals surface area contributed by atoms with Crippen molar-refractivity contribution in [2.75, 3.05) is 13.2 Å². The molecule has 5 rings (SSSR count). The summed E-state index contributed by atoms with van der Waals surface area (Å²) in [5.41, 5.74) is 1.78. The first-order valence-electron chi connectivity index (χ1n) is 13.9. The van der Waals surface area contributed by atoms with E-state index in [2.05, 4.69) is 26.5 Å². The number of cyclic esters (lactones) is 1. The fraction of sp³-hybridized carbons (Fsp3) is 0.382. The van der Waals surface area contributed by atoms with Crippen LogP contribution in [0.2, 0.25) is 0 Å². The maximum absolute atomic E-state index is 13.2. The van der Waals surface area contributed by atoms with E-state index in [0.717, 1.165) is 24.8 Å². The van der Waals surface area contributed by atoms with Crippen molar-refractivity contribution in [1.82, 2.24) is 0 Å². The molecule has 1 heterocycles. The Kier molecular flexibility index (Phi) is 7.79. The van der Waals surface area contributed by atoms with Crippen molar-refractivity contribution < 1.29 is 28.6 Å². The zero-order chi connectivity index (χ0) is 28.3. The Morgan fingerprint density at radius 2 is 1.65 bits per heavy atom. The Morgan fingerprint density at radius 3 is 2.27 bits per heavy atom. The molecule has 0 N–H and O–H groups in total. The zero-order valence-electron chi connectivity index (χ0n) is 23.1. The van der Waals surface area contributed by atoms with Gasteiger partial charge < -0.3 is 14.2 Å². The molecule has 6 nitrogen and oxygen atoms in total. The summed E-state index contributed by atoms with van der Waals surface area (Å²) in [6.45, 7) is 9.16. The molecule has 1 aliphatic heterocycles. The summed E-state index contributed by atoms with van der Waals surface area (Å²) >= 11 is 0. The number of carbonyl (C=O) groups is 3. The molecular formula is C34H36O6. The van der Waals surface area contributed by atoms with Gasteiger partial charge in [-0.15, -0.1) is 0 Å². The molecule has 0 spiro atoms. The number of allylic oxidation sites excluding steroid dienone is 2. The molecule has 0 radical (unpaired) electrons. The fourth-order valence-electron chi connectivity index (χ4n) is 7.01. The van der Waals surface area contributed by atoms with E-state index in [0.29, 0.717) is 29.7 Å². The Hall–Kier alpha value is -3.93. The van der Waals surface area contributed by atoms with Crippen molar-refractivity contribution in [3.8, 4) is 0 Å². The fourth-order valence-corrected chi connectivity index (χ4v) is 7.01. The van der Waals surface area contributed by atoms with Crippen LogP contribution < -0.4 is 0 Å². The third-order valence-corrected chi connectivity index (χ3v) is 9.18. The van der Waals surface area contributed by atoms with E-state index < -0.39 is 17.5 Å². The van der Waals surface area contributed by atoms with Gasteiger partial charge in [-0.3, -0.25) is 0 Å². The number of fused-ring (bicyclic) bond motifs is 1. The lowest BCUT2D eigenvalue weighted by atomic mass is 9.46. The van der Waals surface area contributed by atoms with Crippen LogP contribution in [0.5, 0.6) is 0 Å². The van der Waals surface area contributed by atoms with Crippen molar-refractivity contribution in [3.63, 3.8) is 0 Å². The molecule has 208 valence electrons. The Labute approximate surface area is 235 Å². The minimum atomic E-state index is -0.639. The zero-order valence-corrected chi connectivity index (χ0v) is 23.1. The van der Waals surface area contributed by atoms with Crippen LogP contribution in [0.1, 0.15) is 60.2 Å². The number of esters is 3. The van der Waals surface area contributed by atoms with E-state index in [4.69, 9.17) is 14.2 Å². The first-order valence-corrected chi connectivity index (χ1v) is 13.9. The van der Waals surface area contributed by atoms with Crippen LogP contribution >= 0.6 is 0 Å². The standard InChI is InChI=1S/C34H36O6/c1-23-14-17-28-33(2,27(23)16-15-26-19-21-38-30(26)35)20-18-29(40-32(37)25-12-8-5-9-13-25)34(28,3)22-39-31(36)24-10-6-4-7-11-24/h4-13,15-16,19,27-29H,1,14,17-18,20-22H2,2-3H3/b16-15+/t27-,28?,29-,33+,34+/m1/s1. The monoisotopic (exact) mass is 540 g/mol. The molecule has 2 aromatic carbocycles. The van der Waals surface area contributed by atoms with Gasteiger partial charge >= 0.3 is 17.9 Å². The summed E-state index contributed by atoms with van der Waals surface area (Å²) in [6, 6.07) is 17.9. The minimum absolute atomic E-state index is 0.00970. The second kappa shape index (κ2) is 11.3. The number of ether oxygens (including phenoxy) is 3. The summed E-state index contributed by atoms with van der Waals surface area (Å²) in [5, 5.41) is 0. The predicted octanol–water partition coefficient (Wildman–Crippen LogP) is 6.50. The largest absolute Gasteiger partial charge is 0.461 e. The summed E-state index contributed by atoms with van der Waals surface area (Å²) in [5.74, 6) is -1.01. The lowest BCUT2D eigenvalue weighted by Crippen LogP contribution is -2.58. The van der Waals surface area contributed by atoms with Crippen molar-refractivity contribution in [1.29, 1.82) is 0 Å². The van der Waals surface area contributed by atoms with Crippen LogP contribution in [0.3, 0.4) is 0 Å². The highest BCUT2D eigenvalue weighted by atomic mass is 16.6. The molecule has 40 heavy (non-hydrogen) atoms. The van der Waals surface area contributed by atoms with Gasteiger partial charge in [-0.25, -0.2) is 14.4 Å². The van der Waals surface area contributed by atoms with Crippen LogP contribution in [0.25, 0.3) is 0 Å². The molecule has 2 aliphatic carbocycles. The molecule has 6 heteroatoms. The highest BCUT2D eigenvalue weighted by molar-refractivity contribution is 5.93. The third kappa shape index (κ3) is 5.27. The van der Waals surface area contributed by atoms with Crippen molar-refractivity contribution in [2.45, 2.75) is 45.6 Å². The number of hydrogen-bond acceptors (Lipinski definition) is 6. The minimum Gasteiger partial charge on any atom is -0.461 e. The Balaban J connectivity index is 1.45. The van der Waals surface area contributed by atoms with Gasteiger partial charge in [-0.2, -0.15) is 0 Å². The van der Waals surface area contributed by atoms with E-state index in [1.54, 1.807) is 42.5 Å². The predicted molar refractivity (Wildman–Crippen MR) is 151 cm³/mol. The summed E-state index contributed by atoms with van der Waals surface area (Å²) < 4.78 is 17.2. The number of rotatable bonds is 7. The van der Waals surface area contributed by atoms with Gasteiger partial charge in [0, 0.05) is 11.3 Å². The van der Waals surface area contributed by atoms with Crippen LogP contribution in [-0.4, -0.2) is 37.2 Å². The Bertz CT molecular complexity index is 1340. The molecular weight excluding hydrogens is 504 g/mol. The molecule has 0 bridgehead atoms. The molecule has 2 aromatic rings. The molecule has 2 saturated carbocycles. The van der Waals surface area contributed by atoms with E-state index >= 15 is 0 Å². The van der Waals surface area contributed by atoms with Gasteiger partial charge in [0.2, 0.25) is 0 Å². The first-order chi connectivity index (χ1) is 19.2. The number of carbonyl (C=O) groups excluding carboxylic acids is 3. The quantitative estimate of drug-likeness (QED) is 0.227. The SMILES string of the molecule is C=C1CCC2[C@](C)(COC(=O)c3ccccc3)[C@H](OC(=O)c3ccccc3)CC[C@@]2(C)[C@@H]1/C=C/C1=CCOC1=O. The molecule has 0 aromatic heterocycles. The normalized spacial score (nSPS) is 29.9. The summed E-state index contributed by atoms with van der Waals surface area (Å²) in [4.78, 5) is 38.3. The lowest BCUT2D eigenvalue weighted by Gasteiger charge is -2.59. The van der Waals surface area contributed by atoms with E-state index in [-0.39, 0.29) is 35.8 Å². The molecule has 1 unspecified atom stereocenters. The lowest BCUT2D eigenvalue weighted by molar-refractivity contribution is -0.150. The van der Waals surface area contributed by atoms with Crippen molar-refractivity contribution >= 4 is 17.9 Å². The van der Waals surface area contributed by atoms with Crippen molar-refractivity contribution in [3.05, 3.63) is 108 Å². The second-order valence-electron chi connectivity index (χ2n) is 11.6. The topological polar surface area (TPSA) is 78.9 Å². The number of hydrogen-bond donors (Lipinski definition) is 0. The van der Waals surface area contributed by atoms with E-state index in [1.807, 2.05) is 30.3 Å². The van der Waals surface area contributed by atoms with E-state index in [9.17, 15) is 14.4 Å². The average molecular weight is 541 g/mol. The molecule has 3 aliphatic rings. The first kappa shape index (κ1) is 27.6. The second-order valence-corrected chi connectivity index (χ2v) is 11.6. The van der Waals surface area contributed by atoms with Crippen LogP contribution in [0.15, 0.2) is 96.6 Å². The maximum Gasteiger partial charge on any atom is 0.338 e. The summed E-state index contributed by atoms with van der Waals surface area (Å²) in [7, 11) is 0. The highest BCUT2D eigenvalue weighted by Gasteiger charge is 2.59. The molecule has 5 atom stereocenters. The van der Waals surface area contributed by atoms with Gasteiger partial charge in [0.1, 0.15) is 19.3 Å². The van der Waals surface area contributed by atoms with Gasteiger partial charge in [0.05, 0.1) is 16.7 Å². The van der Waals surface area contributed by atoms with Crippen LogP contribution in [-0.2, 0) is 19.0 Å². The van der Waals surface area contributed by atoms with Crippen LogP contribution in [0.4, 0.5) is 0 Å². The smallest absolute Gasteiger partial charge is 0.338 e. The third-order valence-electron chi connectivity index (χ3n) is 9.18. The molecule has 0 saturated heterocycles. The molecule has 2 fully saturated rings.